The van der Waals surface area contributed by atoms with Crippen molar-refractivity contribution in [3.8, 4) is 0 Å². The molecule has 1 heterocycles. The van der Waals surface area contributed by atoms with Gasteiger partial charge in [-0.05, 0) is 25.8 Å². The number of nitrogens with one attached hydrogen (secondary N) is 1. The largest absolute Gasteiger partial charge is 0.465 e. The third kappa shape index (κ3) is 2.36. The van der Waals surface area contributed by atoms with Crippen molar-refractivity contribution >= 4 is 0 Å². The summed E-state index contributed by atoms with van der Waals surface area (Å²) in [5, 5.41) is 3.42. The van der Waals surface area contributed by atoms with Crippen LogP contribution in [0.4, 0.5) is 0 Å². The highest BCUT2D eigenvalue weighted by Crippen LogP contribution is 2.20. The van der Waals surface area contributed by atoms with Crippen molar-refractivity contribution in [1.29, 1.82) is 0 Å². The summed E-state index contributed by atoms with van der Waals surface area (Å²) in [6.45, 7) is 3.46. The summed E-state index contributed by atoms with van der Waals surface area (Å²) in [7, 11) is 1.70. The molecule has 0 radical (unpaired) electrons. The highest BCUT2D eigenvalue weighted by molar-refractivity contribution is 5.20. The lowest BCUT2D eigenvalue weighted by atomic mass is 10.2. The van der Waals surface area contributed by atoms with Crippen molar-refractivity contribution in [2.24, 2.45) is 0 Å². The smallest absolute Gasteiger partial charge is 0.118 e. The van der Waals surface area contributed by atoms with E-state index in [9.17, 15) is 0 Å². The molecule has 3 heteroatoms. The number of furan rings is 1. The predicted molar refractivity (Wildman–Crippen MR) is 54.0 cm³/mol. The second kappa shape index (κ2) is 4.15. The van der Waals surface area contributed by atoms with E-state index in [2.05, 4.69) is 11.4 Å². The average molecular weight is 195 g/mol. The zero-order chi connectivity index (χ0) is 9.97. The summed E-state index contributed by atoms with van der Waals surface area (Å²) in [6.07, 6.45) is 2.62. The Balaban J connectivity index is 1.92. The summed E-state index contributed by atoms with van der Waals surface area (Å²) in [5.41, 5.74) is 1.15. The Kier molecular flexibility index (Phi) is 2.89. The molecular weight excluding hydrogens is 178 g/mol. The highest BCUT2D eigenvalue weighted by Gasteiger charge is 2.20. The van der Waals surface area contributed by atoms with Gasteiger partial charge in [-0.1, -0.05) is 0 Å². The molecule has 0 aromatic carbocycles. The van der Waals surface area contributed by atoms with Crippen molar-refractivity contribution in [1.82, 2.24) is 5.32 Å². The molecule has 2 rings (SSSR count). The van der Waals surface area contributed by atoms with Crippen molar-refractivity contribution in [2.75, 3.05) is 7.11 Å². The highest BCUT2D eigenvalue weighted by atomic mass is 16.5. The second-order valence-corrected chi connectivity index (χ2v) is 3.88. The van der Waals surface area contributed by atoms with Gasteiger partial charge in [0.05, 0.1) is 13.2 Å². The summed E-state index contributed by atoms with van der Waals surface area (Å²) in [4.78, 5) is 0. The summed E-state index contributed by atoms with van der Waals surface area (Å²) in [6, 6.07) is 2.81. The third-order valence-corrected chi connectivity index (χ3v) is 2.51. The lowest BCUT2D eigenvalue weighted by Gasteiger charge is -1.97. The molecule has 3 nitrogen and oxygen atoms in total. The van der Waals surface area contributed by atoms with E-state index in [1.165, 1.54) is 12.8 Å². The number of methoxy groups -OCH3 is 1. The van der Waals surface area contributed by atoms with Crippen LogP contribution in [0.5, 0.6) is 0 Å². The SMILES string of the molecule is COCc1cc(CNC2CC2)oc1C. The first-order valence-corrected chi connectivity index (χ1v) is 5.10. The van der Waals surface area contributed by atoms with E-state index in [4.69, 9.17) is 9.15 Å². The molecule has 1 aliphatic carbocycles. The van der Waals surface area contributed by atoms with E-state index in [0.29, 0.717) is 6.61 Å². The molecule has 14 heavy (non-hydrogen) atoms. The molecule has 1 fully saturated rings. The first-order valence-electron chi connectivity index (χ1n) is 5.10. The lowest BCUT2D eigenvalue weighted by Crippen LogP contribution is -2.14. The summed E-state index contributed by atoms with van der Waals surface area (Å²) >= 11 is 0. The van der Waals surface area contributed by atoms with Crippen LogP contribution in [-0.4, -0.2) is 13.2 Å². The molecule has 0 spiro atoms. The number of aryl methyl sites for hydroxylation is 1. The van der Waals surface area contributed by atoms with Gasteiger partial charge in [0.15, 0.2) is 0 Å². The zero-order valence-electron chi connectivity index (χ0n) is 8.80. The molecule has 1 N–H and O–H groups in total. The minimum Gasteiger partial charge on any atom is -0.465 e. The van der Waals surface area contributed by atoms with Crippen LogP contribution in [0.15, 0.2) is 10.5 Å². The van der Waals surface area contributed by atoms with Gasteiger partial charge in [0, 0.05) is 18.7 Å². The van der Waals surface area contributed by atoms with Gasteiger partial charge in [-0.25, -0.2) is 0 Å². The Morgan fingerprint density at radius 3 is 3.00 bits per heavy atom. The predicted octanol–water partition coefficient (Wildman–Crippen LogP) is 1.99. The molecule has 78 valence electrons. The van der Waals surface area contributed by atoms with Crippen LogP contribution >= 0.6 is 0 Å². The number of hydrogen-bond donors (Lipinski definition) is 1. The van der Waals surface area contributed by atoms with Crippen LogP contribution < -0.4 is 5.32 Å². The Morgan fingerprint density at radius 1 is 1.57 bits per heavy atom. The quantitative estimate of drug-likeness (QED) is 0.780. The van der Waals surface area contributed by atoms with Crippen molar-refractivity contribution in [3.63, 3.8) is 0 Å². The molecule has 0 unspecified atom stereocenters. The minimum absolute atomic E-state index is 0.638. The van der Waals surface area contributed by atoms with Crippen LogP contribution in [0.3, 0.4) is 0 Å². The number of hydrogen-bond acceptors (Lipinski definition) is 3. The molecule has 0 amide bonds. The fourth-order valence-electron chi connectivity index (χ4n) is 1.51. The van der Waals surface area contributed by atoms with Gasteiger partial charge in [0.2, 0.25) is 0 Å². The molecule has 1 aromatic rings. The van der Waals surface area contributed by atoms with Gasteiger partial charge in [0.25, 0.3) is 0 Å². The van der Waals surface area contributed by atoms with E-state index in [0.717, 1.165) is 29.7 Å². The van der Waals surface area contributed by atoms with Gasteiger partial charge in [0.1, 0.15) is 11.5 Å². The minimum atomic E-state index is 0.638. The number of ether oxygens (including phenoxy) is 1. The monoisotopic (exact) mass is 195 g/mol. The fraction of sp³-hybridized carbons (Fsp3) is 0.636. The van der Waals surface area contributed by atoms with Crippen molar-refractivity contribution < 1.29 is 9.15 Å². The van der Waals surface area contributed by atoms with Gasteiger partial charge in [-0.3, -0.25) is 0 Å². The normalized spacial score (nSPS) is 16.1. The van der Waals surface area contributed by atoms with Crippen LogP contribution in [0.25, 0.3) is 0 Å². The first-order chi connectivity index (χ1) is 6.79. The Bertz CT molecular complexity index is 302. The molecule has 0 aliphatic heterocycles. The average Bonchev–Trinajstić information content (AvgIpc) is 2.91. The van der Waals surface area contributed by atoms with Gasteiger partial charge >= 0.3 is 0 Å². The van der Waals surface area contributed by atoms with E-state index < -0.39 is 0 Å². The maximum absolute atomic E-state index is 5.60. The second-order valence-electron chi connectivity index (χ2n) is 3.88. The molecule has 0 bridgehead atoms. The van der Waals surface area contributed by atoms with E-state index in [1.807, 2.05) is 6.92 Å². The van der Waals surface area contributed by atoms with Crippen molar-refractivity contribution in [3.05, 3.63) is 23.2 Å². The topological polar surface area (TPSA) is 34.4 Å². The molecular formula is C11H17NO2. The van der Waals surface area contributed by atoms with Crippen molar-refractivity contribution in [2.45, 2.75) is 39.0 Å². The first kappa shape index (κ1) is 9.74. The molecule has 0 atom stereocenters. The maximum Gasteiger partial charge on any atom is 0.118 e. The van der Waals surface area contributed by atoms with Crippen LogP contribution in [0.1, 0.15) is 29.9 Å². The van der Waals surface area contributed by atoms with Crippen LogP contribution in [0.2, 0.25) is 0 Å². The van der Waals surface area contributed by atoms with E-state index >= 15 is 0 Å². The molecule has 1 aromatic heterocycles. The fourth-order valence-corrected chi connectivity index (χ4v) is 1.51. The van der Waals surface area contributed by atoms with E-state index in [1.54, 1.807) is 7.11 Å². The van der Waals surface area contributed by atoms with E-state index in [-0.39, 0.29) is 0 Å². The van der Waals surface area contributed by atoms with Gasteiger partial charge < -0.3 is 14.5 Å². The maximum atomic E-state index is 5.60. The number of rotatable bonds is 5. The van der Waals surface area contributed by atoms with Gasteiger partial charge in [-0.2, -0.15) is 0 Å². The van der Waals surface area contributed by atoms with Gasteiger partial charge in [-0.15, -0.1) is 0 Å². The lowest BCUT2D eigenvalue weighted by molar-refractivity contribution is 0.183. The molecule has 0 saturated heterocycles. The van der Waals surface area contributed by atoms with Crippen LogP contribution in [0, 0.1) is 6.92 Å². The Morgan fingerprint density at radius 2 is 2.36 bits per heavy atom. The summed E-state index contributed by atoms with van der Waals surface area (Å²) < 4.78 is 10.7. The third-order valence-electron chi connectivity index (χ3n) is 2.51. The Hall–Kier alpha value is -0.800. The standard InChI is InChI=1S/C11H17NO2/c1-8-9(7-13-2)5-11(14-8)6-12-10-3-4-10/h5,10,12H,3-4,6-7H2,1-2H3. The summed E-state index contributed by atoms with van der Waals surface area (Å²) in [5.74, 6) is 1.99. The zero-order valence-corrected chi connectivity index (χ0v) is 8.80. The molecule has 1 saturated carbocycles. The van der Waals surface area contributed by atoms with Crippen LogP contribution in [-0.2, 0) is 17.9 Å². The Labute approximate surface area is 84.4 Å². The molecule has 1 aliphatic rings.